The zero-order chi connectivity index (χ0) is 17.8. The molecule has 25 heavy (non-hydrogen) atoms. The fourth-order valence-electron chi connectivity index (χ4n) is 2.15. The first-order valence-electron chi connectivity index (χ1n) is 7.48. The maximum absolute atomic E-state index is 13.8. The molecular formula is C19H14F2N2OS. The molecule has 0 saturated carbocycles. The van der Waals surface area contributed by atoms with Gasteiger partial charge in [-0.2, -0.15) is 0 Å². The quantitative estimate of drug-likeness (QED) is 0.665. The molecule has 126 valence electrons. The van der Waals surface area contributed by atoms with Gasteiger partial charge in [0.15, 0.2) is 5.13 Å². The minimum atomic E-state index is -0.692. The van der Waals surface area contributed by atoms with Crippen molar-refractivity contribution in [3.63, 3.8) is 0 Å². The molecule has 1 amide bonds. The maximum atomic E-state index is 13.8. The van der Waals surface area contributed by atoms with Crippen LogP contribution in [-0.4, -0.2) is 10.9 Å². The monoisotopic (exact) mass is 356 g/mol. The number of aromatic nitrogens is 1. The molecule has 0 aliphatic rings. The van der Waals surface area contributed by atoms with Crippen LogP contribution in [0.4, 0.5) is 13.9 Å². The number of nitrogens with zero attached hydrogens (tertiary/aromatic N) is 1. The first-order chi connectivity index (χ1) is 12.0. The summed E-state index contributed by atoms with van der Waals surface area (Å²) in [5, 5.41) is 4.58. The van der Waals surface area contributed by atoms with E-state index in [4.69, 9.17) is 0 Å². The van der Waals surface area contributed by atoms with Crippen LogP contribution < -0.4 is 5.32 Å². The summed E-state index contributed by atoms with van der Waals surface area (Å²) in [7, 11) is 0. The van der Waals surface area contributed by atoms with Crippen molar-refractivity contribution in [1.82, 2.24) is 4.98 Å². The molecule has 0 bridgehead atoms. The molecule has 1 N–H and O–H groups in total. The van der Waals surface area contributed by atoms with Crippen LogP contribution in [-0.2, 0) is 4.79 Å². The molecule has 3 rings (SSSR count). The van der Waals surface area contributed by atoms with Crippen molar-refractivity contribution in [3.05, 3.63) is 76.7 Å². The van der Waals surface area contributed by atoms with Crippen LogP contribution in [0, 0.1) is 18.6 Å². The summed E-state index contributed by atoms with van der Waals surface area (Å²) in [5.41, 5.74) is 2.59. The van der Waals surface area contributed by atoms with Gasteiger partial charge in [0, 0.05) is 23.1 Å². The van der Waals surface area contributed by atoms with E-state index in [9.17, 15) is 13.6 Å². The van der Waals surface area contributed by atoms with E-state index in [0.717, 1.165) is 17.2 Å². The molecular weight excluding hydrogens is 342 g/mol. The molecule has 0 saturated heterocycles. The van der Waals surface area contributed by atoms with Crippen molar-refractivity contribution in [3.8, 4) is 11.3 Å². The van der Waals surface area contributed by atoms with E-state index < -0.39 is 11.6 Å². The van der Waals surface area contributed by atoms with Crippen molar-refractivity contribution in [2.45, 2.75) is 6.92 Å². The van der Waals surface area contributed by atoms with Crippen molar-refractivity contribution >= 4 is 28.5 Å². The first kappa shape index (κ1) is 17.0. The maximum Gasteiger partial charge on any atom is 0.250 e. The average Bonchev–Trinajstić information content (AvgIpc) is 3.02. The lowest BCUT2D eigenvalue weighted by Gasteiger charge is -1.99. The number of aryl methyl sites for hydroxylation is 1. The van der Waals surface area contributed by atoms with Crippen LogP contribution in [0.5, 0.6) is 0 Å². The Labute approximate surface area is 147 Å². The molecule has 3 nitrogen and oxygen atoms in total. The molecule has 0 aliphatic heterocycles. The molecule has 3 aromatic rings. The summed E-state index contributed by atoms with van der Waals surface area (Å²) in [6.45, 7) is 1.99. The number of anilines is 1. The van der Waals surface area contributed by atoms with Gasteiger partial charge < -0.3 is 0 Å². The normalized spacial score (nSPS) is 11.0. The lowest BCUT2D eigenvalue weighted by atomic mass is 10.1. The minimum absolute atomic E-state index is 0.188. The molecule has 1 aromatic heterocycles. The SMILES string of the molecule is Cc1ccc(C=CC(=O)Nc2nc(-c3ccc(F)cc3F)cs2)cc1. The van der Waals surface area contributed by atoms with Gasteiger partial charge in [0.05, 0.1) is 5.69 Å². The number of carbonyl (C=O) groups excluding carboxylic acids is 1. The van der Waals surface area contributed by atoms with Crippen molar-refractivity contribution < 1.29 is 13.6 Å². The second-order valence-electron chi connectivity index (χ2n) is 5.40. The number of rotatable bonds is 4. The van der Waals surface area contributed by atoms with Crippen molar-refractivity contribution in [2.75, 3.05) is 5.32 Å². The minimum Gasteiger partial charge on any atom is -0.298 e. The zero-order valence-corrected chi connectivity index (χ0v) is 14.1. The molecule has 0 spiro atoms. The van der Waals surface area contributed by atoms with Gasteiger partial charge >= 0.3 is 0 Å². The number of hydrogen-bond donors (Lipinski definition) is 1. The van der Waals surface area contributed by atoms with Gasteiger partial charge in [0.2, 0.25) is 5.91 Å². The van der Waals surface area contributed by atoms with Gasteiger partial charge in [-0.05, 0) is 30.7 Å². The summed E-state index contributed by atoms with van der Waals surface area (Å²) in [5.74, 6) is -1.67. The number of hydrogen-bond acceptors (Lipinski definition) is 3. The highest BCUT2D eigenvalue weighted by molar-refractivity contribution is 7.14. The van der Waals surface area contributed by atoms with E-state index >= 15 is 0 Å². The topological polar surface area (TPSA) is 42.0 Å². The first-order valence-corrected chi connectivity index (χ1v) is 8.36. The Balaban J connectivity index is 1.68. The highest BCUT2D eigenvalue weighted by Gasteiger charge is 2.11. The number of halogens is 2. The Bertz CT molecular complexity index is 933. The summed E-state index contributed by atoms with van der Waals surface area (Å²) in [6.07, 6.45) is 3.10. The van der Waals surface area contributed by atoms with Crippen LogP contribution in [0.2, 0.25) is 0 Å². The molecule has 0 fully saturated rings. The van der Waals surface area contributed by atoms with Gasteiger partial charge in [0.1, 0.15) is 11.6 Å². The van der Waals surface area contributed by atoms with E-state index in [1.807, 2.05) is 31.2 Å². The Kier molecular flexibility index (Phi) is 5.00. The van der Waals surface area contributed by atoms with Gasteiger partial charge in [-0.25, -0.2) is 13.8 Å². The second-order valence-corrected chi connectivity index (χ2v) is 6.25. The highest BCUT2D eigenvalue weighted by atomic mass is 32.1. The predicted octanol–water partition coefficient (Wildman–Crippen LogP) is 5.05. The third-order valence-electron chi connectivity index (χ3n) is 3.45. The van der Waals surface area contributed by atoms with Gasteiger partial charge in [-0.1, -0.05) is 29.8 Å². The summed E-state index contributed by atoms with van der Waals surface area (Å²) < 4.78 is 26.7. The van der Waals surface area contributed by atoms with E-state index in [1.165, 1.54) is 29.5 Å². The second kappa shape index (κ2) is 7.36. The fourth-order valence-corrected chi connectivity index (χ4v) is 2.86. The Morgan fingerprint density at radius 2 is 1.92 bits per heavy atom. The number of amides is 1. The molecule has 2 aromatic carbocycles. The number of thiazole rings is 1. The van der Waals surface area contributed by atoms with E-state index in [0.29, 0.717) is 10.8 Å². The molecule has 6 heteroatoms. The lowest BCUT2D eigenvalue weighted by Crippen LogP contribution is -2.07. The third kappa shape index (κ3) is 4.36. The summed E-state index contributed by atoms with van der Waals surface area (Å²) >= 11 is 1.17. The lowest BCUT2D eigenvalue weighted by molar-refractivity contribution is -0.111. The zero-order valence-electron chi connectivity index (χ0n) is 13.3. The van der Waals surface area contributed by atoms with E-state index in [2.05, 4.69) is 10.3 Å². The van der Waals surface area contributed by atoms with Crippen molar-refractivity contribution in [1.29, 1.82) is 0 Å². The van der Waals surface area contributed by atoms with Crippen LogP contribution >= 0.6 is 11.3 Å². The largest absolute Gasteiger partial charge is 0.298 e. The Morgan fingerprint density at radius 3 is 2.64 bits per heavy atom. The third-order valence-corrected chi connectivity index (χ3v) is 4.20. The van der Waals surface area contributed by atoms with Crippen LogP contribution in [0.25, 0.3) is 17.3 Å². The highest BCUT2D eigenvalue weighted by Crippen LogP contribution is 2.27. The van der Waals surface area contributed by atoms with Gasteiger partial charge in [-0.3, -0.25) is 10.1 Å². The molecule has 0 unspecified atom stereocenters. The van der Waals surface area contributed by atoms with Crippen LogP contribution in [0.3, 0.4) is 0 Å². The molecule has 0 aliphatic carbocycles. The number of carbonyl (C=O) groups is 1. The number of nitrogens with one attached hydrogen (secondary N) is 1. The molecule has 1 heterocycles. The van der Waals surface area contributed by atoms with E-state index in [1.54, 1.807) is 11.5 Å². The smallest absolute Gasteiger partial charge is 0.250 e. The van der Waals surface area contributed by atoms with Gasteiger partial charge in [0.25, 0.3) is 0 Å². The summed E-state index contributed by atoms with van der Waals surface area (Å²) in [6, 6.07) is 11.0. The van der Waals surface area contributed by atoms with Gasteiger partial charge in [-0.15, -0.1) is 11.3 Å². The molecule has 0 radical (unpaired) electrons. The predicted molar refractivity (Wildman–Crippen MR) is 96.3 cm³/mol. The molecule has 0 atom stereocenters. The average molecular weight is 356 g/mol. The van der Waals surface area contributed by atoms with Crippen LogP contribution in [0.15, 0.2) is 53.9 Å². The Morgan fingerprint density at radius 1 is 1.16 bits per heavy atom. The van der Waals surface area contributed by atoms with E-state index in [-0.39, 0.29) is 11.5 Å². The van der Waals surface area contributed by atoms with Crippen molar-refractivity contribution in [2.24, 2.45) is 0 Å². The fraction of sp³-hybridized carbons (Fsp3) is 0.0526. The Hall–Kier alpha value is -2.86. The van der Waals surface area contributed by atoms with Crippen LogP contribution in [0.1, 0.15) is 11.1 Å². The number of benzene rings is 2. The standard InChI is InChI=1S/C19H14F2N2OS/c1-12-2-4-13(5-3-12)6-9-18(24)23-19-22-17(11-25-19)15-8-7-14(20)10-16(15)21/h2-11H,1H3,(H,22,23,24). The summed E-state index contributed by atoms with van der Waals surface area (Å²) in [4.78, 5) is 16.1.